The predicted octanol–water partition coefficient (Wildman–Crippen LogP) is 3.77. The molecule has 5 nitrogen and oxygen atoms in total. The average molecular weight is 417 g/mol. The fourth-order valence-electron chi connectivity index (χ4n) is 3.20. The third-order valence-electron chi connectivity index (χ3n) is 4.65. The van der Waals surface area contributed by atoms with Crippen LogP contribution in [0.15, 0.2) is 46.5 Å². The van der Waals surface area contributed by atoms with Crippen molar-refractivity contribution in [2.24, 2.45) is 0 Å². The Morgan fingerprint density at radius 2 is 1.96 bits per heavy atom. The van der Waals surface area contributed by atoms with E-state index in [1.54, 1.807) is 34.8 Å². The van der Waals surface area contributed by atoms with Gasteiger partial charge in [-0.1, -0.05) is 6.07 Å². The molecule has 1 fully saturated rings. The van der Waals surface area contributed by atoms with E-state index in [0.717, 1.165) is 43.4 Å². The van der Waals surface area contributed by atoms with Crippen molar-refractivity contribution >= 4 is 34.3 Å². The molecule has 1 aromatic carbocycles. The SMILES string of the molecule is O=C(CN1CCN(Cc2csc(-c3ccsc3)n2)CC1)Nc1cccc(F)c1. The third kappa shape index (κ3) is 5.02. The first-order valence-electron chi connectivity index (χ1n) is 9.13. The quantitative estimate of drug-likeness (QED) is 0.665. The maximum atomic E-state index is 13.2. The molecule has 0 aliphatic carbocycles. The van der Waals surface area contributed by atoms with Crippen molar-refractivity contribution in [3.05, 3.63) is 58.0 Å². The van der Waals surface area contributed by atoms with Gasteiger partial charge in [0.2, 0.25) is 5.91 Å². The molecule has 0 unspecified atom stereocenters. The molecule has 8 heteroatoms. The summed E-state index contributed by atoms with van der Waals surface area (Å²) in [6.45, 7) is 4.63. The van der Waals surface area contributed by atoms with E-state index in [0.29, 0.717) is 12.2 Å². The van der Waals surface area contributed by atoms with Crippen LogP contribution in [-0.4, -0.2) is 53.4 Å². The van der Waals surface area contributed by atoms with Gasteiger partial charge in [0, 0.05) is 54.7 Å². The van der Waals surface area contributed by atoms with Gasteiger partial charge in [-0.2, -0.15) is 11.3 Å². The highest BCUT2D eigenvalue weighted by Gasteiger charge is 2.20. The lowest BCUT2D eigenvalue weighted by Crippen LogP contribution is -2.48. The van der Waals surface area contributed by atoms with Crippen LogP contribution >= 0.6 is 22.7 Å². The largest absolute Gasteiger partial charge is 0.325 e. The van der Waals surface area contributed by atoms with Crippen molar-refractivity contribution in [1.29, 1.82) is 0 Å². The summed E-state index contributed by atoms with van der Waals surface area (Å²) in [6, 6.07) is 8.07. The number of nitrogens with one attached hydrogen (secondary N) is 1. The predicted molar refractivity (Wildman–Crippen MR) is 112 cm³/mol. The number of benzene rings is 1. The Bertz CT molecular complexity index is 920. The molecule has 1 aliphatic rings. The maximum Gasteiger partial charge on any atom is 0.238 e. The van der Waals surface area contributed by atoms with Crippen molar-refractivity contribution in [1.82, 2.24) is 14.8 Å². The fraction of sp³-hybridized carbons (Fsp3) is 0.300. The third-order valence-corrected chi connectivity index (χ3v) is 6.27. The number of nitrogens with zero attached hydrogens (tertiary/aromatic N) is 3. The number of rotatable bonds is 6. The molecule has 1 amide bonds. The zero-order valence-corrected chi connectivity index (χ0v) is 16.9. The minimum Gasteiger partial charge on any atom is -0.325 e. The number of piperazine rings is 1. The molecular formula is C20H21FN4OS2. The summed E-state index contributed by atoms with van der Waals surface area (Å²) in [5.74, 6) is -0.463. The van der Waals surface area contributed by atoms with Gasteiger partial charge in [-0.25, -0.2) is 9.37 Å². The van der Waals surface area contributed by atoms with Gasteiger partial charge in [0.15, 0.2) is 0 Å². The van der Waals surface area contributed by atoms with Crippen molar-refractivity contribution < 1.29 is 9.18 Å². The number of thiophene rings is 1. The number of halogens is 1. The molecule has 3 aromatic rings. The highest BCUT2D eigenvalue weighted by atomic mass is 32.1. The minimum atomic E-state index is -0.351. The number of carbonyl (C=O) groups is 1. The van der Waals surface area contributed by atoms with Crippen molar-refractivity contribution in [2.75, 3.05) is 38.0 Å². The Labute approximate surface area is 171 Å². The number of amides is 1. The molecule has 146 valence electrons. The van der Waals surface area contributed by atoms with Crippen molar-refractivity contribution in [3.63, 3.8) is 0 Å². The van der Waals surface area contributed by atoms with Crippen LogP contribution in [-0.2, 0) is 11.3 Å². The lowest BCUT2D eigenvalue weighted by Gasteiger charge is -2.33. The molecule has 0 bridgehead atoms. The summed E-state index contributed by atoms with van der Waals surface area (Å²) < 4.78 is 13.2. The van der Waals surface area contributed by atoms with E-state index in [9.17, 15) is 9.18 Å². The number of carbonyl (C=O) groups excluding carboxylic acids is 1. The smallest absolute Gasteiger partial charge is 0.238 e. The molecular weight excluding hydrogens is 395 g/mol. The van der Waals surface area contributed by atoms with Gasteiger partial charge in [0.25, 0.3) is 0 Å². The number of thiazole rings is 1. The second-order valence-electron chi connectivity index (χ2n) is 6.77. The fourth-order valence-corrected chi connectivity index (χ4v) is 4.73. The molecule has 0 saturated carbocycles. The Balaban J connectivity index is 1.23. The molecule has 3 heterocycles. The number of hydrogen-bond acceptors (Lipinski definition) is 6. The summed E-state index contributed by atoms with van der Waals surface area (Å²) >= 11 is 3.37. The standard InChI is InChI=1S/C20H21FN4OS2/c21-16-2-1-3-17(10-16)22-19(26)12-25-7-5-24(6-8-25)11-18-14-28-20(23-18)15-4-9-27-13-15/h1-4,9-10,13-14H,5-8,11-12H2,(H,22,26). The monoisotopic (exact) mass is 416 g/mol. The van der Waals surface area contributed by atoms with E-state index >= 15 is 0 Å². The van der Waals surface area contributed by atoms with Gasteiger partial charge in [0.1, 0.15) is 10.8 Å². The van der Waals surface area contributed by atoms with Gasteiger partial charge in [0.05, 0.1) is 12.2 Å². The van der Waals surface area contributed by atoms with Gasteiger partial charge < -0.3 is 5.32 Å². The molecule has 1 N–H and O–H groups in total. The Hall–Kier alpha value is -2.13. The van der Waals surface area contributed by atoms with Crippen LogP contribution in [0.25, 0.3) is 10.6 Å². The van der Waals surface area contributed by atoms with Gasteiger partial charge in [-0.3, -0.25) is 14.6 Å². The van der Waals surface area contributed by atoms with E-state index < -0.39 is 0 Å². The van der Waals surface area contributed by atoms with E-state index in [1.165, 1.54) is 17.7 Å². The molecule has 0 atom stereocenters. The number of aromatic nitrogens is 1. The normalized spacial score (nSPS) is 15.6. The van der Waals surface area contributed by atoms with Crippen LogP contribution in [0.4, 0.5) is 10.1 Å². The molecule has 1 saturated heterocycles. The van der Waals surface area contributed by atoms with Gasteiger partial charge in [-0.15, -0.1) is 11.3 Å². The lowest BCUT2D eigenvalue weighted by atomic mass is 10.2. The summed E-state index contributed by atoms with van der Waals surface area (Å²) in [6.07, 6.45) is 0. The number of anilines is 1. The Morgan fingerprint density at radius 3 is 2.71 bits per heavy atom. The highest BCUT2D eigenvalue weighted by Crippen LogP contribution is 2.26. The van der Waals surface area contributed by atoms with Crippen LogP contribution in [0, 0.1) is 5.82 Å². The first-order chi connectivity index (χ1) is 13.7. The Kier molecular flexibility index (Phi) is 6.11. The van der Waals surface area contributed by atoms with Gasteiger partial charge in [-0.05, 0) is 29.6 Å². The van der Waals surface area contributed by atoms with Crippen LogP contribution in [0.3, 0.4) is 0 Å². The average Bonchev–Trinajstić information content (AvgIpc) is 3.35. The van der Waals surface area contributed by atoms with E-state index in [1.807, 2.05) is 0 Å². The van der Waals surface area contributed by atoms with Crippen molar-refractivity contribution in [3.8, 4) is 10.6 Å². The first kappa shape index (κ1) is 19.2. The topological polar surface area (TPSA) is 48.5 Å². The summed E-state index contributed by atoms with van der Waals surface area (Å²) in [4.78, 5) is 21.4. The molecule has 28 heavy (non-hydrogen) atoms. The van der Waals surface area contributed by atoms with Crippen LogP contribution in [0.5, 0.6) is 0 Å². The van der Waals surface area contributed by atoms with E-state index in [-0.39, 0.29) is 11.7 Å². The first-order valence-corrected chi connectivity index (χ1v) is 10.9. The number of hydrogen-bond donors (Lipinski definition) is 1. The van der Waals surface area contributed by atoms with E-state index in [2.05, 4.69) is 37.3 Å². The summed E-state index contributed by atoms with van der Waals surface area (Å²) in [5.41, 5.74) is 2.78. The highest BCUT2D eigenvalue weighted by molar-refractivity contribution is 7.14. The minimum absolute atomic E-state index is 0.112. The second-order valence-corrected chi connectivity index (χ2v) is 8.40. The maximum absolute atomic E-state index is 13.2. The van der Waals surface area contributed by atoms with Crippen LogP contribution in [0.2, 0.25) is 0 Å². The molecule has 1 aliphatic heterocycles. The summed E-state index contributed by atoms with van der Waals surface area (Å²) in [5, 5.41) is 10.1. The zero-order chi connectivity index (χ0) is 19.3. The molecule has 4 rings (SSSR count). The van der Waals surface area contributed by atoms with E-state index in [4.69, 9.17) is 4.98 Å². The summed E-state index contributed by atoms with van der Waals surface area (Å²) in [7, 11) is 0. The molecule has 0 spiro atoms. The van der Waals surface area contributed by atoms with Crippen LogP contribution in [0.1, 0.15) is 5.69 Å². The molecule has 0 radical (unpaired) electrons. The molecule has 2 aromatic heterocycles. The lowest BCUT2D eigenvalue weighted by molar-refractivity contribution is -0.117. The van der Waals surface area contributed by atoms with Crippen molar-refractivity contribution in [2.45, 2.75) is 6.54 Å². The Morgan fingerprint density at radius 1 is 1.14 bits per heavy atom. The zero-order valence-electron chi connectivity index (χ0n) is 15.3. The van der Waals surface area contributed by atoms with Gasteiger partial charge >= 0.3 is 0 Å². The second kappa shape index (κ2) is 8.91. The van der Waals surface area contributed by atoms with Crippen LogP contribution < -0.4 is 5.32 Å².